The van der Waals surface area contributed by atoms with Gasteiger partial charge in [-0.1, -0.05) is 11.6 Å². The molecular weight excluding hydrogens is 414 g/mol. The van der Waals surface area contributed by atoms with E-state index in [0.717, 1.165) is 24.3 Å². The van der Waals surface area contributed by atoms with Crippen LogP contribution in [0.4, 0.5) is 17.6 Å². The first-order valence-corrected chi connectivity index (χ1v) is 8.61. The number of aromatic amines is 1. The Morgan fingerprint density at radius 1 is 1.24 bits per heavy atom. The van der Waals surface area contributed by atoms with Gasteiger partial charge in [-0.25, -0.2) is 4.39 Å². The number of benzene rings is 2. The van der Waals surface area contributed by atoms with Crippen LogP contribution in [0.3, 0.4) is 0 Å². The minimum atomic E-state index is -4.63. The molecule has 0 saturated carbocycles. The smallest absolute Gasteiger partial charge is 0.416 e. The molecule has 1 aromatic heterocycles. The highest BCUT2D eigenvalue weighted by molar-refractivity contribution is 6.31. The number of fused-ring (bicyclic) bond motifs is 1. The third-order valence-electron chi connectivity index (χ3n) is 4.26. The summed E-state index contributed by atoms with van der Waals surface area (Å²) in [5, 5.41) is 9.25. The number of nitrogens with one attached hydrogen (secondary N) is 1. The van der Waals surface area contributed by atoms with E-state index in [1.807, 2.05) is 0 Å². The van der Waals surface area contributed by atoms with Crippen LogP contribution < -0.4 is 10.3 Å². The Morgan fingerprint density at radius 2 is 1.97 bits per heavy atom. The van der Waals surface area contributed by atoms with Gasteiger partial charge in [-0.05, 0) is 42.5 Å². The molecule has 0 amide bonds. The molecule has 2 aromatic carbocycles. The summed E-state index contributed by atoms with van der Waals surface area (Å²) >= 11 is 6.05. The Hall–Kier alpha value is -2.84. The maximum absolute atomic E-state index is 13.8. The highest BCUT2D eigenvalue weighted by Gasteiger charge is 2.31. The first-order valence-electron chi connectivity index (χ1n) is 8.23. The zero-order valence-electron chi connectivity index (χ0n) is 14.9. The van der Waals surface area contributed by atoms with Gasteiger partial charge >= 0.3 is 6.18 Å². The molecule has 4 nitrogen and oxygen atoms in total. The van der Waals surface area contributed by atoms with E-state index in [2.05, 4.69) is 4.98 Å². The highest BCUT2D eigenvalue weighted by Crippen LogP contribution is 2.40. The maximum Gasteiger partial charge on any atom is 0.416 e. The van der Waals surface area contributed by atoms with Crippen LogP contribution in [0.25, 0.3) is 28.1 Å². The Labute approximate surface area is 167 Å². The standard InChI is InChI=1S/C20H14ClF4NO3/c1-29-17-5-3-11(21)7-14(17)18-13-6-10(20(23,24)25)2-4-16(13)26-19(28)15(18)8-12(22)9-27/h2-8,27H,9H2,1H3,(H,26,28)/b12-8+. The number of rotatable bonds is 4. The molecule has 0 spiro atoms. The number of hydrogen-bond acceptors (Lipinski definition) is 3. The lowest BCUT2D eigenvalue weighted by Gasteiger charge is -2.16. The van der Waals surface area contributed by atoms with E-state index in [1.165, 1.54) is 25.3 Å². The quantitative estimate of drug-likeness (QED) is 0.564. The fourth-order valence-electron chi connectivity index (χ4n) is 2.99. The van der Waals surface area contributed by atoms with Crippen LogP contribution in [-0.2, 0) is 6.18 Å². The van der Waals surface area contributed by atoms with E-state index in [9.17, 15) is 22.4 Å². The summed E-state index contributed by atoms with van der Waals surface area (Å²) in [6, 6.07) is 7.20. The largest absolute Gasteiger partial charge is 0.496 e. The molecule has 0 radical (unpaired) electrons. The molecular formula is C20H14ClF4NO3. The van der Waals surface area contributed by atoms with Gasteiger partial charge in [-0.3, -0.25) is 4.79 Å². The van der Waals surface area contributed by atoms with Crippen molar-refractivity contribution in [1.29, 1.82) is 0 Å². The maximum atomic E-state index is 13.8. The van der Waals surface area contributed by atoms with Crippen molar-refractivity contribution >= 4 is 28.6 Å². The lowest BCUT2D eigenvalue weighted by molar-refractivity contribution is -0.137. The fraction of sp³-hybridized carbons (Fsp3) is 0.150. The van der Waals surface area contributed by atoms with Crippen molar-refractivity contribution in [3.63, 3.8) is 0 Å². The number of hydrogen-bond donors (Lipinski definition) is 2. The van der Waals surface area contributed by atoms with E-state index >= 15 is 0 Å². The Kier molecular flexibility index (Phi) is 5.68. The topological polar surface area (TPSA) is 62.3 Å². The highest BCUT2D eigenvalue weighted by atomic mass is 35.5. The van der Waals surface area contributed by atoms with Gasteiger partial charge in [0.15, 0.2) is 0 Å². The number of aliphatic hydroxyl groups is 1. The lowest BCUT2D eigenvalue weighted by atomic mass is 9.94. The molecule has 0 aliphatic rings. The minimum Gasteiger partial charge on any atom is -0.496 e. The number of alkyl halides is 3. The molecule has 3 aromatic rings. The van der Waals surface area contributed by atoms with Crippen molar-refractivity contribution in [2.45, 2.75) is 6.18 Å². The number of ether oxygens (including phenoxy) is 1. The van der Waals surface area contributed by atoms with E-state index in [0.29, 0.717) is 0 Å². The zero-order chi connectivity index (χ0) is 21.3. The normalized spacial score (nSPS) is 12.4. The molecule has 29 heavy (non-hydrogen) atoms. The van der Waals surface area contributed by atoms with Crippen LogP contribution in [-0.4, -0.2) is 23.8 Å². The fourth-order valence-corrected chi connectivity index (χ4v) is 3.16. The summed E-state index contributed by atoms with van der Waals surface area (Å²) in [7, 11) is 1.34. The number of methoxy groups -OCH3 is 1. The van der Waals surface area contributed by atoms with Gasteiger partial charge in [0.25, 0.3) is 5.56 Å². The summed E-state index contributed by atoms with van der Waals surface area (Å²) in [5.74, 6) is -0.818. The van der Waals surface area contributed by atoms with Crippen LogP contribution in [0.15, 0.2) is 47.0 Å². The van der Waals surface area contributed by atoms with E-state index in [1.54, 1.807) is 0 Å². The molecule has 0 saturated heterocycles. The summed E-state index contributed by atoms with van der Waals surface area (Å²) in [6.07, 6.45) is -3.86. The summed E-state index contributed by atoms with van der Waals surface area (Å²) in [5.41, 5.74) is -1.66. The van der Waals surface area contributed by atoms with Gasteiger partial charge in [0, 0.05) is 27.1 Å². The number of halogens is 5. The molecule has 0 aliphatic heterocycles. The van der Waals surface area contributed by atoms with Crippen molar-refractivity contribution < 1.29 is 27.4 Å². The lowest BCUT2D eigenvalue weighted by Crippen LogP contribution is -2.13. The SMILES string of the molecule is COc1ccc(Cl)cc1-c1c(/C=C(/F)CO)c(=O)[nH]c2ccc(C(F)(F)F)cc12. The number of aromatic nitrogens is 1. The summed E-state index contributed by atoms with van der Waals surface area (Å²) in [4.78, 5) is 15.0. The van der Waals surface area contributed by atoms with Crippen LogP contribution in [0.5, 0.6) is 5.75 Å². The van der Waals surface area contributed by atoms with Crippen LogP contribution in [0.2, 0.25) is 5.02 Å². The van der Waals surface area contributed by atoms with Gasteiger partial charge < -0.3 is 14.8 Å². The monoisotopic (exact) mass is 427 g/mol. The second kappa shape index (κ2) is 7.88. The van der Waals surface area contributed by atoms with E-state index in [4.69, 9.17) is 21.4 Å². The zero-order valence-corrected chi connectivity index (χ0v) is 15.7. The second-order valence-corrected chi connectivity index (χ2v) is 6.53. The molecule has 0 atom stereocenters. The summed E-state index contributed by atoms with van der Waals surface area (Å²) < 4.78 is 59.0. The predicted octanol–water partition coefficient (Wildman–Crippen LogP) is 5.18. The Morgan fingerprint density at radius 3 is 2.59 bits per heavy atom. The molecule has 0 bridgehead atoms. The van der Waals surface area contributed by atoms with Crippen molar-refractivity contribution in [2.75, 3.05) is 13.7 Å². The molecule has 9 heteroatoms. The van der Waals surface area contributed by atoms with Gasteiger partial charge in [0.2, 0.25) is 0 Å². The van der Waals surface area contributed by atoms with Gasteiger partial charge in [0.1, 0.15) is 11.6 Å². The molecule has 0 unspecified atom stereocenters. The van der Waals surface area contributed by atoms with E-state index < -0.39 is 29.7 Å². The number of H-pyrrole nitrogens is 1. The van der Waals surface area contributed by atoms with Gasteiger partial charge in [-0.2, -0.15) is 13.2 Å². The number of pyridine rings is 1. The summed E-state index contributed by atoms with van der Waals surface area (Å²) in [6.45, 7) is -0.980. The third-order valence-corrected chi connectivity index (χ3v) is 4.50. The Balaban J connectivity index is 2.53. The van der Waals surface area contributed by atoms with Crippen LogP contribution >= 0.6 is 11.6 Å². The van der Waals surface area contributed by atoms with E-state index in [-0.39, 0.29) is 38.4 Å². The molecule has 0 aliphatic carbocycles. The predicted molar refractivity (Wildman–Crippen MR) is 103 cm³/mol. The van der Waals surface area contributed by atoms with Crippen molar-refractivity contribution in [1.82, 2.24) is 4.98 Å². The molecule has 2 N–H and O–H groups in total. The molecule has 0 fully saturated rings. The van der Waals surface area contributed by atoms with Gasteiger partial charge in [0.05, 0.1) is 24.8 Å². The first kappa shape index (κ1) is 20.9. The first-order chi connectivity index (χ1) is 13.7. The van der Waals surface area contributed by atoms with Crippen molar-refractivity contribution in [3.05, 3.63) is 68.7 Å². The van der Waals surface area contributed by atoms with Gasteiger partial charge in [-0.15, -0.1) is 0 Å². The minimum absolute atomic E-state index is 0.00204. The van der Waals surface area contributed by atoms with Crippen LogP contribution in [0, 0.1) is 0 Å². The van der Waals surface area contributed by atoms with Crippen LogP contribution in [0.1, 0.15) is 11.1 Å². The van der Waals surface area contributed by atoms with Crippen molar-refractivity contribution in [2.24, 2.45) is 0 Å². The third kappa shape index (κ3) is 4.13. The Bertz CT molecular complexity index is 1170. The molecule has 1 heterocycles. The average molecular weight is 428 g/mol. The second-order valence-electron chi connectivity index (χ2n) is 6.09. The molecule has 3 rings (SSSR count). The number of aliphatic hydroxyl groups excluding tert-OH is 1. The molecule has 152 valence electrons. The average Bonchev–Trinajstić information content (AvgIpc) is 2.67. The van der Waals surface area contributed by atoms with Crippen molar-refractivity contribution in [3.8, 4) is 16.9 Å².